The van der Waals surface area contributed by atoms with Gasteiger partial charge < -0.3 is 10.6 Å². The Morgan fingerprint density at radius 1 is 0.960 bits per heavy atom. The van der Waals surface area contributed by atoms with Crippen LogP contribution in [0.15, 0.2) is 42.5 Å². The van der Waals surface area contributed by atoms with E-state index in [0.29, 0.717) is 18.1 Å². The van der Waals surface area contributed by atoms with Gasteiger partial charge in [0.15, 0.2) is 0 Å². The lowest BCUT2D eigenvalue weighted by molar-refractivity contribution is 0.0942. The fourth-order valence-corrected chi connectivity index (χ4v) is 2.36. The molecule has 2 rings (SSSR count). The maximum absolute atomic E-state index is 12.2. The summed E-state index contributed by atoms with van der Waals surface area (Å²) < 4.78 is 0. The van der Waals surface area contributed by atoms with Crippen LogP contribution in [0, 0.1) is 0 Å². The first-order chi connectivity index (χ1) is 12.1. The van der Waals surface area contributed by atoms with Crippen LogP contribution in [0.4, 0.5) is 0 Å². The van der Waals surface area contributed by atoms with Crippen molar-refractivity contribution >= 4 is 23.4 Å². The molecule has 0 fully saturated rings. The number of carbonyl (C=O) groups is 2. The van der Waals surface area contributed by atoms with E-state index in [9.17, 15) is 9.59 Å². The minimum Gasteiger partial charge on any atom is -0.351 e. The smallest absolute Gasteiger partial charge is 0.270 e. The Bertz CT molecular complexity index is 717. The predicted molar refractivity (Wildman–Crippen MR) is 98.7 cm³/mol. The zero-order valence-corrected chi connectivity index (χ0v) is 15.0. The number of rotatable bonds is 8. The average molecular weight is 360 g/mol. The molecule has 132 valence electrons. The van der Waals surface area contributed by atoms with Gasteiger partial charge in [-0.2, -0.15) is 0 Å². The van der Waals surface area contributed by atoms with Crippen LogP contribution in [0.5, 0.6) is 0 Å². The lowest BCUT2D eigenvalue weighted by Gasteiger charge is -2.07. The normalized spacial score (nSPS) is 10.3. The van der Waals surface area contributed by atoms with Gasteiger partial charge in [-0.05, 0) is 36.2 Å². The molecule has 0 saturated heterocycles. The minimum atomic E-state index is -0.324. The van der Waals surface area contributed by atoms with Crippen LogP contribution in [0.25, 0.3) is 0 Å². The predicted octanol–water partition coefficient (Wildman–Crippen LogP) is 3.59. The Morgan fingerprint density at radius 2 is 1.60 bits per heavy atom. The number of nitrogens with zero attached hydrogens (tertiary/aromatic N) is 1. The maximum atomic E-state index is 12.2. The SMILES string of the molecule is CCCCCNC(=O)c1cccc(C(=O)NCc2ccc(Cl)cc2)n1. The standard InChI is InChI=1S/C19H22ClN3O2/c1-2-3-4-12-21-18(24)16-6-5-7-17(23-16)19(25)22-13-14-8-10-15(20)11-9-14/h5-11H,2-4,12-13H2,1H3,(H,21,24)(H,22,25). The van der Waals surface area contributed by atoms with E-state index in [2.05, 4.69) is 22.5 Å². The van der Waals surface area contributed by atoms with E-state index >= 15 is 0 Å². The number of unbranched alkanes of at least 4 members (excludes halogenated alkanes) is 2. The number of pyridine rings is 1. The van der Waals surface area contributed by atoms with Gasteiger partial charge >= 0.3 is 0 Å². The summed E-state index contributed by atoms with van der Waals surface area (Å²) in [4.78, 5) is 28.5. The first-order valence-corrected chi connectivity index (χ1v) is 8.76. The Labute approximate surface area is 152 Å². The van der Waals surface area contributed by atoms with Crippen LogP contribution in [0.3, 0.4) is 0 Å². The van der Waals surface area contributed by atoms with Gasteiger partial charge in [0.25, 0.3) is 11.8 Å². The van der Waals surface area contributed by atoms with Crippen LogP contribution in [-0.4, -0.2) is 23.3 Å². The van der Waals surface area contributed by atoms with E-state index in [1.807, 2.05) is 12.1 Å². The highest BCUT2D eigenvalue weighted by Gasteiger charge is 2.12. The van der Waals surface area contributed by atoms with Crippen molar-refractivity contribution in [2.75, 3.05) is 6.54 Å². The quantitative estimate of drug-likeness (QED) is 0.707. The average Bonchev–Trinajstić information content (AvgIpc) is 2.64. The van der Waals surface area contributed by atoms with Crippen molar-refractivity contribution in [3.8, 4) is 0 Å². The van der Waals surface area contributed by atoms with Crippen LogP contribution in [-0.2, 0) is 6.54 Å². The molecule has 0 aliphatic carbocycles. The molecule has 25 heavy (non-hydrogen) atoms. The molecule has 0 aliphatic rings. The van der Waals surface area contributed by atoms with Crippen molar-refractivity contribution < 1.29 is 9.59 Å². The topological polar surface area (TPSA) is 71.1 Å². The molecule has 1 heterocycles. The molecule has 0 bridgehead atoms. The van der Waals surface area contributed by atoms with Crippen LogP contribution < -0.4 is 10.6 Å². The number of nitrogens with one attached hydrogen (secondary N) is 2. The lowest BCUT2D eigenvalue weighted by atomic mass is 10.2. The fourth-order valence-electron chi connectivity index (χ4n) is 2.23. The summed E-state index contributed by atoms with van der Waals surface area (Å²) >= 11 is 5.84. The molecule has 0 saturated carbocycles. The van der Waals surface area contributed by atoms with Crippen molar-refractivity contribution in [3.05, 3.63) is 64.4 Å². The first kappa shape index (κ1) is 18.9. The molecule has 2 aromatic rings. The largest absolute Gasteiger partial charge is 0.351 e. The summed E-state index contributed by atoms with van der Waals surface area (Å²) in [6.45, 7) is 3.09. The Kier molecular flexibility index (Phi) is 7.41. The summed E-state index contributed by atoms with van der Waals surface area (Å²) in [7, 11) is 0. The first-order valence-electron chi connectivity index (χ1n) is 8.38. The third-order valence-electron chi connectivity index (χ3n) is 3.65. The highest BCUT2D eigenvalue weighted by atomic mass is 35.5. The molecule has 0 unspecified atom stereocenters. The number of halogens is 1. The Morgan fingerprint density at radius 3 is 2.24 bits per heavy atom. The number of carbonyl (C=O) groups excluding carboxylic acids is 2. The molecular weight excluding hydrogens is 338 g/mol. The van der Waals surface area contributed by atoms with Gasteiger partial charge in [-0.25, -0.2) is 4.98 Å². The van der Waals surface area contributed by atoms with Gasteiger partial charge in [0.05, 0.1) is 0 Å². The molecule has 0 radical (unpaired) electrons. The van der Waals surface area contributed by atoms with Crippen LogP contribution in [0.1, 0.15) is 52.7 Å². The van der Waals surface area contributed by atoms with E-state index in [4.69, 9.17) is 11.6 Å². The fraction of sp³-hybridized carbons (Fsp3) is 0.316. The summed E-state index contributed by atoms with van der Waals surface area (Å²) in [6, 6.07) is 12.1. The molecule has 0 atom stereocenters. The molecule has 1 aromatic carbocycles. The zero-order chi connectivity index (χ0) is 18.1. The highest BCUT2D eigenvalue weighted by molar-refractivity contribution is 6.30. The maximum Gasteiger partial charge on any atom is 0.270 e. The summed E-state index contributed by atoms with van der Waals surface area (Å²) in [5.41, 5.74) is 1.40. The number of hydrogen-bond donors (Lipinski definition) is 2. The monoisotopic (exact) mass is 359 g/mol. The molecule has 6 heteroatoms. The van der Waals surface area contributed by atoms with Gasteiger partial charge in [0.1, 0.15) is 11.4 Å². The van der Waals surface area contributed by atoms with Gasteiger partial charge in [-0.15, -0.1) is 0 Å². The van der Waals surface area contributed by atoms with Crippen molar-refractivity contribution in [2.45, 2.75) is 32.7 Å². The van der Waals surface area contributed by atoms with Crippen molar-refractivity contribution in [3.63, 3.8) is 0 Å². The van der Waals surface area contributed by atoms with E-state index in [-0.39, 0.29) is 23.2 Å². The molecule has 5 nitrogen and oxygen atoms in total. The molecular formula is C19H22ClN3O2. The van der Waals surface area contributed by atoms with Crippen molar-refractivity contribution in [2.24, 2.45) is 0 Å². The minimum absolute atomic E-state index is 0.218. The van der Waals surface area contributed by atoms with Crippen molar-refractivity contribution in [1.29, 1.82) is 0 Å². The van der Waals surface area contributed by atoms with Gasteiger partial charge in [0.2, 0.25) is 0 Å². The van der Waals surface area contributed by atoms with E-state index < -0.39 is 0 Å². The lowest BCUT2D eigenvalue weighted by Crippen LogP contribution is -2.28. The Balaban J connectivity index is 1.91. The number of amides is 2. The second kappa shape index (κ2) is 9.79. The van der Waals surface area contributed by atoms with Crippen LogP contribution >= 0.6 is 11.6 Å². The van der Waals surface area contributed by atoms with Gasteiger partial charge in [-0.1, -0.05) is 49.6 Å². The molecule has 0 aliphatic heterocycles. The zero-order valence-electron chi connectivity index (χ0n) is 14.2. The van der Waals surface area contributed by atoms with E-state index in [1.165, 1.54) is 0 Å². The van der Waals surface area contributed by atoms with Gasteiger partial charge in [-0.3, -0.25) is 9.59 Å². The molecule has 1 aromatic heterocycles. The summed E-state index contributed by atoms with van der Waals surface area (Å²) in [6.07, 6.45) is 3.10. The second-order valence-electron chi connectivity index (χ2n) is 5.68. The van der Waals surface area contributed by atoms with Crippen LogP contribution in [0.2, 0.25) is 5.02 Å². The second-order valence-corrected chi connectivity index (χ2v) is 6.12. The van der Waals surface area contributed by atoms with Crippen molar-refractivity contribution in [1.82, 2.24) is 15.6 Å². The van der Waals surface area contributed by atoms with Gasteiger partial charge in [0, 0.05) is 18.1 Å². The number of aromatic nitrogens is 1. The van der Waals surface area contributed by atoms with E-state index in [0.717, 1.165) is 24.8 Å². The number of hydrogen-bond acceptors (Lipinski definition) is 3. The molecule has 2 N–H and O–H groups in total. The third kappa shape index (κ3) is 6.19. The van der Waals surface area contributed by atoms with E-state index in [1.54, 1.807) is 30.3 Å². The third-order valence-corrected chi connectivity index (χ3v) is 3.90. The summed E-state index contributed by atoms with van der Waals surface area (Å²) in [5, 5.41) is 6.25. The molecule has 2 amide bonds. The Hall–Kier alpha value is -2.40. The molecule has 0 spiro atoms. The number of benzene rings is 1. The highest BCUT2D eigenvalue weighted by Crippen LogP contribution is 2.09. The summed E-state index contributed by atoms with van der Waals surface area (Å²) in [5.74, 6) is -0.584.